The molecule has 0 spiro atoms. The maximum absolute atomic E-state index is 13.3. The maximum atomic E-state index is 13.3. The zero-order valence-electron chi connectivity index (χ0n) is 20.9. The minimum Gasteiger partial charge on any atom is -0.478 e. The predicted octanol–water partition coefficient (Wildman–Crippen LogP) is 3.40. The van der Waals surface area contributed by atoms with Crippen molar-refractivity contribution in [2.45, 2.75) is 38.1 Å². The molecule has 0 unspecified atom stereocenters. The van der Waals surface area contributed by atoms with E-state index in [9.17, 15) is 14.4 Å². The fourth-order valence-corrected chi connectivity index (χ4v) is 4.46. The Labute approximate surface area is 220 Å². The third-order valence-electron chi connectivity index (χ3n) is 6.70. The summed E-state index contributed by atoms with van der Waals surface area (Å²) in [6.45, 7) is 0.621. The van der Waals surface area contributed by atoms with Crippen molar-refractivity contribution in [2.24, 2.45) is 17.6 Å². The highest BCUT2D eigenvalue weighted by Gasteiger charge is 2.29. The minimum atomic E-state index is -1.05. The predicted molar refractivity (Wildman–Crippen MR) is 141 cm³/mol. The highest BCUT2D eigenvalue weighted by atomic mass is 16.5. The van der Waals surface area contributed by atoms with E-state index in [0.29, 0.717) is 23.9 Å². The van der Waals surface area contributed by atoms with E-state index in [1.54, 1.807) is 30.6 Å². The topological polar surface area (TPSA) is 157 Å². The van der Waals surface area contributed by atoms with Crippen LogP contribution in [0.4, 0.5) is 5.69 Å². The molecule has 1 fully saturated rings. The van der Waals surface area contributed by atoms with Crippen LogP contribution in [0.15, 0.2) is 67.0 Å². The number of anilines is 1. The number of hydrogen-bond acceptors (Lipinski definition) is 7. The maximum Gasteiger partial charge on any atom is 0.335 e. The number of ether oxygens (including phenoxy) is 1. The Kier molecular flexibility index (Phi) is 8.99. The number of carbonyl (C=O) groups is 3. The Morgan fingerprint density at radius 2 is 1.63 bits per heavy atom. The number of hydrogen-bond donors (Lipinski definition) is 4. The summed E-state index contributed by atoms with van der Waals surface area (Å²) in [4.78, 5) is 45.6. The summed E-state index contributed by atoms with van der Waals surface area (Å²) in [6.07, 6.45) is 6.70. The van der Waals surface area contributed by atoms with Gasteiger partial charge in [-0.2, -0.15) is 0 Å². The van der Waals surface area contributed by atoms with Gasteiger partial charge in [-0.3, -0.25) is 9.59 Å². The number of nitrogens with zero attached hydrogens (tertiary/aromatic N) is 2. The van der Waals surface area contributed by atoms with Crippen LogP contribution in [0.1, 0.15) is 41.6 Å². The van der Waals surface area contributed by atoms with Crippen LogP contribution in [0.5, 0.6) is 11.8 Å². The molecule has 38 heavy (non-hydrogen) atoms. The number of amides is 2. The van der Waals surface area contributed by atoms with Crippen molar-refractivity contribution in [2.75, 3.05) is 11.9 Å². The summed E-state index contributed by atoms with van der Waals surface area (Å²) in [7, 11) is 0. The number of nitrogens with two attached hydrogens (primary N) is 1. The molecule has 0 bridgehead atoms. The van der Waals surface area contributed by atoms with Gasteiger partial charge in [0.25, 0.3) is 0 Å². The molecule has 1 atom stereocenters. The van der Waals surface area contributed by atoms with E-state index in [2.05, 4.69) is 20.6 Å². The van der Waals surface area contributed by atoms with E-state index in [1.807, 2.05) is 12.1 Å². The van der Waals surface area contributed by atoms with E-state index in [4.69, 9.17) is 15.6 Å². The SMILES string of the molecule is NCC1CCC(C(=O)N[C@@H](Cc2ccc(Oc3ncccn3)cc2)C(=O)Nc2ccc(C(=O)O)cc2)CC1. The van der Waals surface area contributed by atoms with Crippen molar-refractivity contribution >= 4 is 23.5 Å². The molecule has 2 aromatic carbocycles. The van der Waals surface area contributed by atoms with Crippen molar-refractivity contribution in [1.29, 1.82) is 0 Å². The molecule has 3 aromatic rings. The molecule has 1 aliphatic carbocycles. The van der Waals surface area contributed by atoms with Gasteiger partial charge in [0, 0.05) is 30.4 Å². The van der Waals surface area contributed by atoms with Crippen molar-refractivity contribution in [3.63, 3.8) is 0 Å². The van der Waals surface area contributed by atoms with Crippen LogP contribution in [0.25, 0.3) is 0 Å². The lowest BCUT2D eigenvalue weighted by atomic mass is 9.81. The van der Waals surface area contributed by atoms with Gasteiger partial charge in [-0.1, -0.05) is 12.1 Å². The first-order chi connectivity index (χ1) is 18.4. The van der Waals surface area contributed by atoms with Gasteiger partial charge in [0.05, 0.1) is 5.56 Å². The summed E-state index contributed by atoms with van der Waals surface area (Å²) in [5, 5.41) is 14.8. The Balaban J connectivity index is 1.45. The van der Waals surface area contributed by atoms with E-state index >= 15 is 0 Å². The molecule has 10 nitrogen and oxygen atoms in total. The van der Waals surface area contributed by atoms with Crippen molar-refractivity contribution in [3.05, 3.63) is 78.1 Å². The molecule has 2 amide bonds. The lowest BCUT2D eigenvalue weighted by molar-refractivity contribution is -0.130. The van der Waals surface area contributed by atoms with Gasteiger partial charge in [0.2, 0.25) is 11.8 Å². The summed E-state index contributed by atoms with van der Waals surface area (Å²) in [5.74, 6) is -0.777. The molecule has 0 aliphatic heterocycles. The van der Waals surface area contributed by atoms with E-state index in [0.717, 1.165) is 31.2 Å². The zero-order valence-corrected chi connectivity index (χ0v) is 20.9. The Hall–Kier alpha value is -4.31. The quantitative estimate of drug-likeness (QED) is 0.319. The van der Waals surface area contributed by atoms with Gasteiger partial charge in [0.15, 0.2) is 0 Å². The van der Waals surface area contributed by atoms with Gasteiger partial charge in [0.1, 0.15) is 11.8 Å². The Morgan fingerprint density at radius 3 is 2.24 bits per heavy atom. The highest BCUT2D eigenvalue weighted by Crippen LogP contribution is 2.28. The first-order valence-corrected chi connectivity index (χ1v) is 12.6. The van der Waals surface area contributed by atoms with Crippen LogP contribution in [0.3, 0.4) is 0 Å². The zero-order chi connectivity index (χ0) is 26.9. The molecule has 198 valence electrons. The van der Waals surface area contributed by atoms with Crippen molar-refractivity contribution in [1.82, 2.24) is 15.3 Å². The number of benzene rings is 2. The van der Waals surface area contributed by atoms with E-state index in [-0.39, 0.29) is 29.8 Å². The first-order valence-electron chi connectivity index (χ1n) is 12.6. The van der Waals surface area contributed by atoms with Crippen LogP contribution in [0, 0.1) is 11.8 Å². The molecular formula is C28H31N5O5. The summed E-state index contributed by atoms with van der Waals surface area (Å²) < 4.78 is 5.63. The summed E-state index contributed by atoms with van der Waals surface area (Å²) in [6, 6.07) is 14.1. The van der Waals surface area contributed by atoms with Crippen molar-refractivity contribution < 1.29 is 24.2 Å². The van der Waals surface area contributed by atoms with Gasteiger partial charge in [-0.15, -0.1) is 0 Å². The van der Waals surface area contributed by atoms with Gasteiger partial charge >= 0.3 is 12.0 Å². The van der Waals surface area contributed by atoms with Crippen LogP contribution >= 0.6 is 0 Å². The molecule has 1 aliphatic rings. The van der Waals surface area contributed by atoms with Crippen molar-refractivity contribution in [3.8, 4) is 11.8 Å². The first kappa shape index (κ1) is 26.7. The fraction of sp³-hybridized carbons (Fsp3) is 0.321. The number of aromatic nitrogens is 2. The lowest BCUT2D eigenvalue weighted by Gasteiger charge is -2.28. The number of carboxylic acids is 1. The largest absolute Gasteiger partial charge is 0.478 e. The molecule has 0 radical (unpaired) electrons. The standard InChI is InChI=1S/C28H31N5O5/c29-17-19-2-6-20(7-3-19)25(34)33-24(26(35)32-22-10-8-21(9-11-22)27(36)37)16-18-4-12-23(13-5-18)38-28-30-14-1-15-31-28/h1,4-5,8-15,19-20,24H,2-3,6-7,16-17,29H2,(H,32,35)(H,33,34)(H,36,37)/t19?,20?,24-/m0/s1. The Bertz CT molecular complexity index is 1230. The molecular weight excluding hydrogens is 486 g/mol. The number of rotatable bonds is 10. The average molecular weight is 518 g/mol. The monoisotopic (exact) mass is 517 g/mol. The van der Waals surface area contributed by atoms with Crippen LogP contribution in [-0.4, -0.2) is 45.4 Å². The second kappa shape index (κ2) is 12.8. The van der Waals surface area contributed by atoms with Gasteiger partial charge < -0.3 is 26.2 Å². The summed E-state index contributed by atoms with van der Waals surface area (Å²) in [5.41, 5.74) is 7.16. The molecule has 1 heterocycles. The van der Waals surface area contributed by atoms with E-state index in [1.165, 1.54) is 24.3 Å². The van der Waals surface area contributed by atoms with Gasteiger partial charge in [-0.25, -0.2) is 14.8 Å². The highest BCUT2D eigenvalue weighted by molar-refractivity contribution is 5.98. The number of nitrogens with one attached hydrogen (secondary N) is 2. The fourth-order valence-electron chi connectivity index (χ4n) is 4.46. The van der Waals surface area contributed by atoms with E-state index < -0.39 is 17.9 Å². The molecule has 0 saturated heterocycles. The molecule has 1 saturated carbocycles. The number of carbonyl (C=O) groups excluding carboxylic acids is 2. The van der Waals surface area contributed by atoms with Gasteiger partial charge in [-0.05, 0) is 86.2 Å². The average Bonchev–Trinajstić information content (AvgIpc) is 2.94. The third kappa shape index (κ3) is 7.36. The second-order valence-corrected chi connectivity index (χ2v) is 9.37. The van der Waals surface area contributed by atoms with Crippen LogP contribution < -0.4 is 21.1 Å². The molecule has 1 aromatic heterocycles. The minimum absolute atomic E-state index is 0.115. The Morgan fingerprint density at radius 1 is 0.974 bits per heavy atom. The normalized spacial score (nSPS) is 17.7. The third-order valence-corrected chi connectivity index (χ3v) is 6.70. The smallest absolute Gasteiger partial charge is 0.335 e. The number of aromatic carboxylic acids is 1. The van der Waals surface area contributed by atoms with Crippen LogP contribution in [0.2, 0.25) is 0 Å². The molecule has 10 heteroatoms. The summed E-state index contributed by atoms with van der Waals surface area (Å²) >= 11 is 0. The molecule has 4 rings (SSSR count). The lowest BCUT2D eigenvalue weighted by Crippen LogP contribution is -2.48. The second-order valence-electron chi connectivity index (χ2n) is 9.37. The molecule has 5 N–H and O–H groups in total. The number of carboxylic acid groups (broad SMARTS) is 1. The van der Waals surface area contributed by atoms with Crippen LogP contribution in [-0.2, 0) is 16.0 Å².